The Bertz CT molecular complexity index is 1160. The summed E-state index contributed by atoms with van der Waals surface area (Å²) >= 11 is 0. The molecule has 0 radical (unpaired) electrons. The Balaban J connectivity index is 2.25. The van der Waals surface area contributed by atoms with Crippen molar-refractivity contribution in [2.24, 2.45) is 0 Å². The quantitative estimate of drug-likeness (QED) is 0.0264. The molecule has 1 rings (SSSR count). The first-order chi connectivity index (χ1) is 31.8. The van der Waals surface area contributed by atoms with E-state index in [1.807, 2.05) is 0 Å². The van der Waals surface area contributed by atoms with Gasteiger partial charge in [-0.3, -0.25) is 9.59 Å². The predicted octanol–water partition coefficient (Wildman–Crippen LogP) is 13.0. The fourth-order valence-electron chi connectivity index (χ4n) is 8.20. The molecule has 1 heterocycles. The second kappa shape index (κ2) is 45.7. The Hall–Kier alpha value is -2.08. The number of carbonyl (C=O) groups is 2. The van der Waals surface area contributed by atoms with E-state index in [1.165, 1.54) is 161 Å². The highest BCUT2D eigenvalue weighted by Crippen LogP contribution is 2.23. The van der Waals surface area contributed by atoms with Crippen LogP contribution in [0.15, 0.2) is 36.5 Å². The number of ether oxygens (including phenoxy) is 4. The van der Waals surface area contributed by atoms with E-state index in [9.17, 15) is 30.0 Å². The van der Waals surface area contributed by atoms with Crippen molar-refractivity contribution >= 4 is 11.9 Å². The van der Waals surface area contributed by atoms with Crippen molar-refractivity contribution in [1.82, 2.24) is 0 Å². The SMILES string of the molecule is CCCCCC/C=C/CCCCCCCCCCCC(=O)O[C@@H](COC(=O)CCC/C=C/CC/C=C/CCCCCCCCCCCCCCCC)CO[C@H]1O[C@@H](CO)[C@@H](O)C(O)C1O. The topological polar surface area (TPSA) is 152 Å². The van der Waals surface area contributed by atoms with Crippen LogP contribution in [0.1, 0.15) is 245 Å². The molecule has 0 aromatic rings. The summed E-state index contributed by atoms with van der Waals surface area (Å²) in [6.45, 7) is 3.41. The van der Waals surface area contributed by atoms with Crippen LogP contribution in [-0.4, -0.2) is 89.0 Å². The molecule has 0 bridgehead atoms. The first-order valence-corrected chi connectivity index (χ1v) is 27.1. The summed E-state index contributed by atoms with van der Waals surface area (Å²) < 4.78 is 22.2. The number of hydrogen-bond donors (Lipinski definition) is 4. The normalized spacial score (nSPS) is 19.5. The largest absolute Gasteiger partial charge is 0.462 e. The Labute approximate surface area is 397 Å². The number of rotatable bonds is 46. The van der Waals surface area contributed by atoms with Crippen LogP contribution < -0.4 is 0 Å². The summed E-state index contributed by atoms with van der Waals surface area (Å²) in [5, 5.41) is 40.2. The minimum atomic E-state index is -1.60. The zero-order chi connectivity index (χ0) is 47.3. The molecule has 0 spiro atoms. The molecular formula is C55H100O10. The number of carbonyl (C=O) groups excluding carboxylic acids is 2. The van der Waals surface area contributed by atoms with Gasteiger partial charge in [0.15, 0.2) is 12.4 Å². The third-order valence-electron chi connectivity index (χ3n) is 12.5. The zero-order valence-corrected chi connectivity index (χ0v) is 41.7. The summed E-state index contributed by atoms with van der Waals surface area (Å²) in [5.41, 5.74) is 0. The fourth-order valence-corrected chi connectivity index (χ4v) is 8.20. The molecule has 1 aliphatic rings. The van der Waals surface area contributed by atoms with E-state index in [0.717, 1.165) is 44.9 Å². The maximum atomic E-state index is 12.8. The van der Waals surface area contributed by atoms with Crippen LogP contribution in [0.3, 0.4) is 0 Å². The van der Waals surface area contributed by atoms with Crippen LogP contribution in [0.5, 0.6) is 0 Å². The lowest BCUT2D eigenvalue weighted by molar-refractivity contribution is -0.305. The van der Waals surface area contributed by atoms with Gasteiger partial charge in [-0.25, -0.2) is 0 Å². The number of esters is 2. The summed E-state index contributed by atoms with van der Waals surface area (Å²) in [6.07, 6.45) is 47.4. The third kappa shape index (κ3) is 36.6. The smallest absolute Gasteiger partial charge is 0.306 e. The highest BCUT2D eigenvalue weighted by Gasteiger charge is 2.44. The molecule has 0 saturated carbocycles. The first kappa shape index (κ1) is 60.9. The predicted molar refractivity (Wildman–Crippen MR) is 266 cm³/mol. The standard InChI is InChI=1S/C55H100O10/c1-3-5-7-9-11-13-15-17-19-21-22-23-24-25-26-28-29-31-33-35-37-39-41-43-50(57)62-46-48(47-63-55-54(61)53(60)52(59)49(45-56)65-55)64-51(58)44-42-40-38-36-34-32-30-27-20-18-16-14-12-10-8-6-4-2/h14,16,28-29,35,37,48-49,52-56,59-61H,3-13,15,17-27,30-34,36,38-47H2,1-2H3/b16-14+,29-28+,37-35+/t48-,49-,52+,53?,54?,55-/m0/s1. The van der Waals surface area contributed by atoms with E-state index in [-0.39, 0.29) is 26.1 Å². The average molecular weight is 921 g/mol. The fraction of sp³-hybridized carbons (Fsp3) is 0.855. The Morgan fingerprint density at radius 3 is 1.31 bits per heavy atom. The Morgan fingerprint density at radius 1 is 0.462 bits per heavy atom. The van der Waals surface area contributed by atoms with Crippen molar-refractivity contribution in [3.8, 4) is 0 Å². The number of hydrogen-bond acceptors (Lipinski definition) is 10. The molecular weight excluding hydrogens is 821 g/mol. The van der Waals surface area contributed by atoms with E-state index in [2.05, 4.69) is 50.3 Å². The third-order valence-corrected chi connectivity index (χ3v) is 12.5. The summed E-state index contributed by atoms with van der Waals surface area (Å²) in [5.74, 6) is -0.850. The van der Waals surface area contributed by atoms with E-state index in [4.69, 9.17) is 18.9 Å². The maximum Gasteiger partial charge on any atom is 0.306 e. The van der Waals surface area contributed by atoms with Gasteiger partial charge in [-0.2, -0.15) is 0 Å². The average Bonchev–Trinajstić information content (AvgIpc) is 3.30. The van der Waals surface area contributed by atoms with Crippen LogP contribution >= 0.6 is 0 Å². The minimum absolute atomic E-state index is 0.217. The lowest BCUT2D eigenvalue weighted by Gasteiger charge is -2.39. The lowest BCUT2D eigenvalue weighted by Crippen LogP contribution is -2.59. The Morgan fingerprint density at radius 2 is 0.846 bits per heavy atom. The molecule has 0 aromatic heterocycles. The van der Waals surface area contributed by atoms with Crippen LogP contribution in [-0.2, 0) is 28.5 Å². The second-order valence-corrected chi connectivity index (χ2v) is 18.7. The van der Waals surface area contributed by atoms with Gasteiger partial charge < -0.3 is 39.4 Å². The zero-order valence-electron chi connectivity index (χ0n) is 41.7. The summed E-state index contributed by atoms with van der Waals surface area (Å²) in [6, 6.07) is 0. The van der Waals surface area contributed by atoms with E-state index >= 15 is 0 Å². The van der Waals surface area contributed by atoms with Crippen LogP contribution in [0, 0.1) is 0 Å². The molecule has 65 heavy (non-hydrogen) atoms. The molecule has 1 fully saturated rings. The van der Waals surface area contributed by atoms with E-state index < -0.39 is 55.4 Å². The van der Waals surface area contributed by atoms with Crippen LogP contribution in [0.4, 0.5) is 0 Å². The molecule has 4 N–H and O–H groups in total. The molecule has 10 heteroatoms. The van der Waals surface area contributed by atoms with Gasteiger partial charge in [0.2, 0.25) is 0 Å². The van der Waals surface area contributed by atoms with E-state index in [0.29, 0.717) is 12.8 Å². The molecule has 10 nitrogen and oxygen atoms in total. The molecule has 6 atom stereocenters. The van der Waals surface area contributed by atoms with E-state index in [1.54, 1.807) is 0 Å². The van der Waals surface area contributed by atoms with Crippen molar-refractivity contribution in [1.29, 1.82) is 0 Å². The Kier molecular flexibility index (Phi) is 42.8. The molecule has 1 aliphatic heterocycles. The summed E-state index contributed by atoms with van der Waals surface area (Å²) in [4.78, 5) is 25.5. The summed E-state index contributed by atoms with van der Waals surface area (Å²) in [7, 11) is 0. The number of aliphatic hydroxyl groups is 4. The number of allylic oxidation sites excluding steroid dienone is 6. The van der Waals surface area contributed by atoms with Gasteiger partial charge in [0.05, 0.1) is 13.2 Å². The van der Waals surface area contributed by atoms with Crippen molar-refractivity contribution in [3.05, 3.63) is 36.5 Å². The second-order valence-electron chi connectivity index (χ2n) is 18.7. The molecule has 380 valence electrons. The first-order valence-electron chi connectivity index (χ1n) is 27.1. The van der Waals surface area contributed by atoms with Gasteiger partial charge in [-0.15, -0.1) is 0 Å². The minimum Gasteiger partial charge on any atom is -0.462 e. The van der Waals surface area contributed by atoms with Gasteiger partial charge >= 0.3 is 11.9 Å². The van der Waals surface area contributed by atoms with Gasteiger partial charge in [0.25, 0.3) is 0 Å². The maximum absolute atomic E-state index is 12.8. The highest BCUT2D eigenvalue weighted by atomic mass is 16.7. The molecule has 1 saturated heterocycles. The van der Waals surface area contributed by atoms with Crippen LogP contribution in [0.2, 0.25) is 0 Å². The van der Waals surface area contributed by atoms with Crippen molar-refractivity contribution < 1.29 is 49.0 Å². The van der Waals surface area contributed by atoms with Crippen LogP contribution in [0.25, 0.3) is 0 Å². The number of aliphatic hydroxyl groups excluding tert-OH is 4. The van der Waals surface area contributed by atoms with Gasteiger partial charge in [0, 0.05) is 12.8 Å². The monoisotopic (exact) mass is 921 g/mol. The number of unbranched alkanes of at least 4 members (excludes halogenated alkanes) is 29. The van der Waals surface area contributed by atoms with Crippen molar-refractivity contribution in [2.45, 2.75) is 282 Å². The molecule has 2 unspecified atom stereocenters. The van der Waals surface area contributed by atoms with Gasteiger partial charge in [-0.05, 0) is 70.6 Å². The van der Waals surface area contributed by atoms with Crippen molar-refractivity contribution in [2.75, 3.05) is 19.8 Å². The van der Waals surface area contributed by atoms with Gasteiger partial charge in [-0.1, -0.05) is 198 Å². The highest BCUT2D eigenvalue weighted by molar-refractivity contribution is 5.70. The lowest BCUT2D eigenvalue weighted by atomic mass is 9.99. The molecule has 0 amide bonds. The van der Waals surface area contributed by atoms with Gasteiger partial charge in [0.1, 0.15) is 31.0 Å². The molecule has 0 aromatic carbocycles. The molecule has 0 aliphatic carbocycles. The van der Waals surface area contributed by atoms with Crippen molar-refractivity contribution in [3.63, 3.8) is 0 Å².